The minimum atomic E-state index is 0.137. The van der Waals surface area contributed by atoms with Crippen LogP contribution in [0.15, 0.2) is 24.3 Å². The molecule has 5 nitrogen and oxygen atoms in total. The van der Waals surface area contributed by atoms with E-state index in [1.807, 2.05) is 24.0 Å². The molecule has 162 valence electrons. The van der Waals surface area contributed by atoms with Crippen molar-refractivity contribution in [2.24, 2.45) is 0 Å². The molecule has 2 heterocycles. The van der Waals surface area contributed by atoms with Crippen LogP contribution in [0.3, 0.4) is 0 Å². The number of carbonyl (C=O) groups is 1. The molecule has 5 heteroatoms. The van der Waals surface area contributed by atoms with Crippen LogP contribution in [-0.4, -0.2) is 47.0 Å². The first-order chi connectivity index (χ1) is 14.4. The molecule has 0 aliphatic carbocycles. The quantitative estimate of drug-likeness (QED) is 0.681. The van der Waals surface area contributed by atoms with Gasteiger partial charge in [0.25, 0.3) is 5.91 Å². The summed E-state index contributed by atoms with van der Waals surface area (Å²) in [7, 11) is 0. The fourth-order valence-corrected chi connectivity index (χ4v) is 4.33. The molecule has 1 aromatic carbocycles. The molecule has 0 saturated carbocycles. The Hall–Kier alpha value is -2.43. The topological polar surface area (TPSA) is 49.3 Å². The van der Waals surface area contributed by atoms with Gasteiger partial charge in [-0.1, -0.05) is 39.3 Å². The predicted molar refractivity (Wildman–Crippen MR) is 123 cm³/mol. The van der Waals surface area contributed by atoms with Crippen LogP contribution in [0.2, 0.25) is 0 Å². The van der Waals surface area contributed by atoms with Gasteiger partial charge in [0.2, 0.25) is 0 Å². The van der Waals surface area contributed by atoms with E-state index in [9.17, 15) is 4.79 Å². The summed E-state index contributed by atoms with van der Waals surface area (Å²) in [6, 6.07) is 8.19. The van der Waals surface area contributed by atoms with E-state index in [0.717, 1.165) is 61.9 Å². The minimum Gasteiger partial charge on any atom is -0.354 e. The summed E-state index contributed by atoms with van der Waals surface area (Å²) in [6.07, 6.45) is 4.41. The second kappa shape index (κ2) is 10.1. The number of nitrogens with zero attached hydrogens (tertiary/aromatic N) is 4. The summed E-state index contributed by atoms with van der Waals surface area (Å²) in [6.45, 7) is 13.8. The SMILES string of the molecule is CCCCc1ccc(C(=O)N2CCCN(c3nc(C)nc(C)c3C(C)C)CC2)cc1. The average Bonchev–Trinajstić information content (AvgIpc) is 2.97. The van der Waals surface area contributed by atoms with Gasteiger partial charge >= 0.3 is 0 Å². The number of aromatic nitrogens is 2. The zero-order valence-corrected chi connectivity index (χ0v) is 19.2. The molecule has 1 aromatic heterocycles. The maximum Gasteiger partial charge on any atom is 0.253 e. The van der Waals surface area contributed by atoms with Crippen molar-refractivity contribution in [3.63, 3.8) is 0 Å². The lowest BCUT2D eigenvalue weighted by atomic mass is 10.0. The van der Waals surface area contributed by atoms with Crippen molar-refractivity contribution in [1.82, 2.24) is 14.9 Å². The Bertz CT molecular complexity index is 860. The Kier molecular flexibility index (Phi) is 7.46. The molecule has 30 heavy (non-hydrogen) atoms. The third kappa shape index (κ3) is 5.18. The second-order valence-corrected chi connectivity index (χ2v) is 8.68. The van der Waals surface area contributed by atoms with Crippen LogP contribution in [-0.2, 0) is 6.42 Å². The highest BCUT2D eigenvalue weighted by Gasteiger charge is 2.24. The molecule has 0 unspecified atom stereocenters. The van der Waals surface area contributed by atoms with E-state index in [0.29, 0.717) is 5.92 Å². The lowest BCUT2D eigenvalue weighted by molar-refractivity contribution is 0.0767. The van der Waals surface area contributed by atoms with Crippen molar-refractivity contribution in [3.8, 4) is 0 Å². The van der Waals surface area contributed by atoms with Gasteiger partial charge in [0, 0.05) is 43.0 Å². The van der Waals surface area contributed by atoms with Gasteiger partial charge in [0.1, 0.15) is 11.6 Å². The van der Waals surface area contributed by atoms with Crippen LogP contribution >= 0.6 is 0 Å². The smallest absolute Gasteiger partial charge is 0.253 e. The fraction of sp³-hybridized carbons (Fsp3) is 0.560. The molecular formula is C25H36N4O. The van der Waals surface area contributed by atoms with Gasteiger partial charge in [0.15, 0.2) is 0 Å². The third-order valence-electron chi connectivity index (χ3n) is 5.91. The standard InChI is InChI=1S/C25H36N4O/c1-6-7-9-21-10-12-22(13-11-21)25(30)29-15-8-14-28(16-17-29)24-23(18(2)3)19(4)26-20(5)27-24/h10-13,18H,6-9,14-17H2,1-5H3. The van der Waals surface area contributed by atoms with E-state index in [1.165, 1.54) is 24.0 Å². The largest absolute Gasteiger partial charge is 0.354 e. The van der Waals surface area contributed by atoms with Crippen molar-refractivity contribution in [1.29, 1.82) is 0 Å². The Labute approximate surface area is 181 Å². The Balaban J connectivity index is 1.72. The van der Waals surface area contributed by atoms with E-state index in [1.54, 1.807) is 0 Å². The predicted octanol–water partition coefficient (Wildman–Crippen LogP) is 4.91. The number of rotatable bonds is 6. The number of anilines is 1. The Morgan fingerprint density at radius 1 is 1.03 bits per heavy atom. The highest BCUT2D eigenvalue weighted by Crippen LogP contribution is 2.29. The first kappa shape index (κ1) is 22.3. The fourth-order valence-electron chi connectivity index (χ4n) is 4.33. The zero-order chi connectivity index (χ0) is 21.7. The third-order valence-corrected chi connectivity index (χ3v) is 5.91. The summed E-state index contributed by atoms with van der Waals surface area (Å²) in [5, 5.41) is 0. The summed E-state index contributed by atoms with van der Waals surface area (Å²) >= 11 is 0. The van der Waals surface area contributed by atoms with Crippen LogP contribution in [0.1, 0.15) is 79.0 Å². The normalized spacial score (nSPS) is 14.9. The highest BCUT2D eigenvalue weighted by atomic mass is 16.2. The van der Waals surface area contributed by atoms with Crippen molar-refractivity contribution in [3.05, 3.63) is 52.5 Å². The molecule has 0 atom stereocenters. The monoisotopic (exact) mass is 408 g/mol. The Morgan fingerprint density at radius 3 is 2.43 bits per heavy atom. The first-order valence-electron chi connectivity index (χ1n) is 11.4. The van der Waals surface area contributed by atoms with Crippen molar-refractivity contribution in [2.45, 2.75) is 66.2 Å². The zero-order valence-electron chi connectivity index (χ0n) is 19.2. The van der Waals surface area contributed by atoms with Crippen LogP contribution < -0.4 is 4.90 Å². The van der Waals surface area contributed by atoms with Crippen molar-refractivity contribution in [2.75, 3.05) is 31.1 Å². The number of amides is 1. The molecule has 1 fully saturated rings. The summed E-state index contributed by atoms with van der Waals surface area (Å²) in [5.74, 6) is 2.36. The molecule has 1 aliphatic heterocycles. The van der Waals surface area contributed by atoms with Gasteiger partial charge in [-0.15, -0.1) is 0 Å². The number of hydrogen-bond acceptors (Lipinski definition) is 4. The maximum absolute atomic E-state index is 13.1. The van der Waals surface area contributed by atoms with Crippen molar-refractivity contribution >= 4 is 11.7 Å². The van der Waals surface area contributed by atoms with E-state index >= 15 is 0 Å². The van der Waals surface area contributed by atoms with E-state index in [2.05, 4.69) is 49.7 Å². The highest BCUT2D eigenvalue weighted by molar-refractivity contribution is 5.94. The molecule has 1 amide bonds. The number of benzene rings is 1. The van der Waals surface area contributed by atoms with E-state index in [-0.39, 0.29) is 5.91 Å². The molecule has 1 aliphatic rings. The summed E-state index contributed by atoms with van der Waals surface area (Å²) in [5.41, 5.74) is 4.39. The van der Waals surface area contributed by atoms with Gasteiger partial charge < -0.3 is 9.80 Å². The molecule has 0 spiro atoms. The summed E-state index contributed by atoms with van der Waals surface area (Å²) in [4.78, 5) is 26.8. The lowest BCUT2D eigenvalue weighted by Gasteiger charge is -2.27. The minimum absolute atomic E-state index is 0.137. The van der Waals surface area contributed by atoms with Crippen LogP contribution in [0.5, 0.6) is 0 Å². The van der Waals surface area contributed by atoms with Gasteiger partial charge in [-0.25, -0.2) is 9.97 Å². The molecule has 3 rings (SSSR count). The van der Waals surface area contributed by atoms with Gasteiger partial charge in [-0.05, 0) is 56.7 Å². The van der Waals surface area contributed by atoms with Crippen LogP contribution in [0.25, 0.3) is 0 Å². The Morgan fingerprint density at radius 2 is 1.77 bits per heavy atom. The maximum atomic E-state index is 13.1. The number of aryl methyl sites for hydroxylation is 3. The van der Waals surface area contributed by atoms with Gasteiger partial charge in [0.05, 0.1) is 0 Å². The molecule has 0 radical (unpaired) electrons. The van der Waals surface area contributed by atoms with E-state index < -0.39 is 0 Å². The summed E-state index contributed by atoms with van der Waals surface area (Å²) < 4.78 is 0. The van der Waals surface area contributed by atoms with E-state index in [4.69, 9.17) is 4.98 Å². The molecular weight excluding hydrogens is 372 g/mol. The molecule has 2 aromatic rings. The number of carbonyl (C=O) groups excluding carboxylic acids is 1. The lowest BCUT2D eigenvalue weighted by Crippen LogP contribution is -2.35. The van der Waals surface area contributed by atoms with Gasteiger partial charge in [-0.2, -0.15) is 0 Å². The number of hydrogen-bond donors (Lipinski definition) is 0. The molecule has 1 saturated heterocycles. The number of unbranched alkanes of at least 4 members (excludes halogenated alkanes) is 1. The first-order valence-corrected chi connectivity index (χ1v) is 11.4. The average molecular weight is 409 g/mol. The van der Waals surface area contributed by atoms with Gasteiger partial charge in [-0.3, -0.25) is 4.79 Å². The van der Waals surface area contributed by atoms with Crippen LogP contribution in [0, 0.1) is 13.8 Å². The van der Waals surface area contributed by atoms with Crippen molar-refractivity contribution < 1.29 is 4.79 Å². The molecule has 0 bridgehead atoms. The second-order valence-electron chi connectivity index (χ2n) is 8.68. The molecule has 0 N–H and O–H groups in total. The van der Waals surface area contributed by atoms with Crippen LogP contribution in [0.4, 0.5) is 5.82 Å².